The van der Waals surface area contributed by atoms with Gasteiger partial charge in [0.1, 0.15) is 23.7 Å². The second kappa shape index (κ2) is 12.4. The van der Waals surface area contributed by atoms with Gasteiger partial charge < -0.3 is 19.3 Å². The zero-order valence-corrected chi connectivity index (χ0v) is 29.2. The zero-order valence-electron chi connectivity index (χ0n) is 28.4. The molecule has 2 aliphatic heterocycles. The van der Waals surface area contributed by atoms with Crippen LogP contribution < -0.4 is 14.4 Å². The number of aromatic nitrogens is 2. The number of carbonyl (C=O) groups excluding carboxylic acids is 2. The summed E-state index contributed by atoms with van der Waals surface area (Å²) in [4.78, 5) is 38.1. The number of likely N-dealkylation sites (N-methyl/N-ethyl adjacent to an activating group) is 1. The first-order valence-corrected chi connectivity index (χ1v) is 17.7. The van der Waals surface area contributed by atoms with Gasteiger partial charge in [0.05, 0.1) is 41.3 Å². The molecule has 2 aromatic heterocycles. The van der Waals surface area contributed by atoms with Crippen LogP contribution in [0.3, 0.4) is 0 Å². The van der Waals surface area contributed by atoms with E-state index in [2.05, 4.69) is 20.8 Å². The van der Waals surface area contributed by atoms with E-state index in [0.29, 0.717) is 29.4 Å². The molecule has 3 aliphatic rings. The van der Waals surface area contributed by atoms with Gasteiger partial charge in [0.15, 0.2) is 0 Å². The van der Waals surface area contributed by atoms with Crippen LogP contribution in [0.15, 0.2) is 30.6 Å². The highest BCUT2D eigenvalue weighted by Crippen LogP contribution is 2.55. The van der Waals surface area contributed by atoms with Crippen LogP contribution >= 0.6 is 0 Å². The number of hydrogen-bond donors (Lipinski definition) is 1. The second-order valence-corrected chi connectivity index (χ2v) is 15.8. The Balaban J connectivity index is 1.35. The standard InChI is InChI=1S/C34H40FN7O6S/c1-20(2)42(32(44)48-33(3,4)5)10-11-47-30-27(39-49(45,46)41-18-21(15-36)19-41)12-22(16-38-30)23-13-24-26(14-25(23)35)37-17-28-29(24)34(8-7-9-34)31(43)40(28)6/h12-14,16-17,20-21,39H,7-11,18-19H2,1-6H3. The molecule has 1 saturated carbocycles. The fourth-order valence-electron chi connectivity index (χ4n) is 6.54. The smallest absolute Gasteiger partial charge is 0.410 e. The number of halogens is 1. The number of benzene rings is 1. The van der Waals surface area contributed by atoms with Gasteiger partial charge in [-0.2, -0.15) is 18.0 Å². The summed E-state index contributed by atoms with van der Waals surface area (Å²) in [7, 11) is -2.40. The van der Waals surface area contributed by atoms with Crippen molar-refractivity contribution in [2.75, 3.05) is 42.9 Å². The van der Waals surface area contributed by atoms with Gasteiger partial charge in [-0.05, 0) is 59.6 Å². The molecule has 0 atom stereocenters. The molecule has 13 nitrogen and oxygen atoms in total. The number of nitrogens with zero attached hydrogens (tertiary/aromatic N) is 6. The molecule has 1 aromatic carbocycles. The van der Waals surface area contributed by atoms with Gasteiger partial charge in [-0.25, -0.2) is 14.2 Å². The maximum Gasteiger partial charge on any atom is 0.410 e. The van der Waals surface area contributed by atoms with Crippen molar-refractivity contribution in [2.45, 2.75) is 70.9 Å². The average Bonchev–Trinajstić information content (AvgIpc) is 3.20. The van der Waals surface area contributed by atoms with Crippen LogP contribution in [-0.4, -0.2) is 84.5 Å². The molecule has 4 heterocycles. The van der Waals surface area contributed by atoms with Crippen molar-refractivity contribution in [3.05, 3.63) is 42.0 Å². The van der Waals surface area contributed by atoms with Gasteiger partial charge in [0.2, 0.25) is 11.8 Å². The Kier molecular flexibility index (Phi) is 8.69. The van der Waals surface area contributed by atoms with E-state index in [-0.39, 0.29) is 60.9 Å². The van der Waals surface area contributed by atoms with Crippen molar-refractivity contribution in [3.8, 4) is 23.1 Å². The monoisotopic (exact) mass is 693 g/mol. The van der Waals surface area contributed by atoms with Crippen LogP contribution in [0, 0.1) is 23.1 Å². The first kappa shape index (κ1) is 34.3. The van der Waals surface area contributed by atoms with E-state index < -0.39 is 39.1 Å². The molecule has 2 amide bonds. The first-order chi connectivity index (χ1) is 23.0. The predicted octanol–water partition coefficient (Wildman–Crippen LogP) is 4.97. The van der Waals surface area contributed by atoms with Crippen molar-refractivity contribution < 1.29 is 31.9 Å². The molecule has 2 fully saturated rings. The Morgan fingerprint density at radius 2 is 1.92 bits per heavy atom. The fraction of sp³-hybridized carbons (Fsp3) is 0.500. The summed E-state index contributed by atoms with van der Waals surface area (Å²) >= 11 is 0. The van der Waals surface area contributed by atoms with E-state index in [1.807, 2.05) is 13.8 Å². The quantitative estimate of drug-likeness (QED) is 0.327. The number of pyridine rings is 2. The van der Waals surface area contributed by atoms with Crippen LogP contribution in [0.25, 0.3) is 22.0 Å². The van der Waals surface area contributed by atoms with Crippen molar-refractivity contribution in [1.29, 1.82) is 5.26 Å². The molecule has 49 heavy (non-hydrogen) atoms. The van der Waals surface area contributed by atoms with Crippen molar-refractivity contribution in [3.63, 3.8) is 0 Å². The highest BCUT2D eigenvalue weighted by atomic mass is 32.2. The lowest BCUT2D eigenvalue weighted by molar-refractivity contribution is -0.125. The van der Waals surface area contributed by atoms with Gasteiger partial charge in [-0.15, -0.1) is 0 Å². The molecule has 0 radical (unpaired) electrons. The number of rotatable bonds is 9. The second-order valence-electron chi connectivity index (χ2n) is 14.1. The lowest BCUT2D eigenvalue weighted by atomic mass is 9.64. The maximum absolute atomic E-state index is 15.8. The number of carbonyl (C=O) groups is 2. The maximum atomic E-state index is 15.8. The third-order valence-electron chi connectivity index (χ3n) is 9.29. The van der Waals surface area contributed by atoms with E-state index in [1.54, 1.807) is 45.0 Å². The number of nitriles is 1. The van der Waals surface area contributed by atoms with Crippen molar-refractivity contribution >= 4 is 44.5 Å². The van der Waals surface area contributed by atoms with Gasteiger partial charge in [-0.1, -0.05) is 6.42 Å². The van der Waals surface area contributed by atoms with Crippen LogP contribution in [0.5, 0.6) is 5.88 Å². The number of anilines is 2. The number of nitrogens with one attached hydrogen (secondary N) is 1. The minimum absolute atomic E-state index is 0.00104. The van der Waals surface area contributed by atoms with Crippen LogP contribution in [0.2, 0.25) is 0 Å². The van der Waals surface area contributed by atoms with Gasteiger partial charge in [0.25, 0.3) is 0 Å². The Hall–Kier alpha value is -4.55. The summed E-state index contributed by atoms with van der Waals surface area (Å²) in [5, 5.41) is 9.81. The Labute approximate surface area is 285 Å². The number of hydrogen-bond acceptors (Lipinski definition) is 9. The summed E-state index contributed by atoms with van der Waals surface area (Å²) in [5.41, 5.74) is 0.918. The molecule has 6 rings (SSSR count). The molecule has 0 unspecified atom stereocenters. The SMILES string of the molecule is CC(C)N(CCOc1ncc(-c2cc3c4c(cnc3cc2F)N(C)C(=O)C42CCC2)cc1NS(=O)(=O)N1CC(C#N)C1)C(=O)OC(C)(C)C. The topological polar surface area (TPSA) is 158 Å². The summed E-state index contributed by atoms with van der Waals surface area (Å²) < 4.78 is 57.5. The molecule has 1 aliphatic carbocycles. The van der Waals surface area contributed by atoms with Gasteiger partial charge in [0, 0.05) is 60.5 Å². The first-order valence-electron chi connectivity index (χ1n) is 16.3. The van der Waals surface area contributed by atoms with Crippen molar-refractivity contribution in [1.82, 2.24) is 19.2 Å². The molecule has 15 heteroatoms. The predicted molar refractivity (Wildman–Crippen MR) is 181 cm³/mol. The lowest BCUT2D eigenvalue weighted by Crippen LogP contribution is -2.51. The van der Waals surface area contributed by atoms with E-state index in [4.69, 9.17) is 14.7 Å². The average molecular weight is 694 g/mol. The summed E-state index contributed by atoms with van der Waals surface area (Å²) in [6.45, 7) is 9.10. The lowest BCUT2D eigenvalue weighted by Gasteiger charge is -2.37. The van der Waals surface area contributed by atoms with E-state index in [1.165, 1.54) is 23.2 Å². The number of ether oxygens (including phenoxy) is 2. The zero-order chi connectivity index (χ0) is 35.5. The van der Waals surface area contributed by atoms with E-state index >= 15 is 4.39 Å². The van der Waals surface area contributed by atoms with E-state index in [0.717, 1.165) is 16.3 Å². The normalized spacial score (nSPS) is 17.4. The molecular formula is C34H40FN7O6S. The van der Waals surface area contributed by atoms with Gasteiger partial charge in [-0.3, -0.25) is 14.5 Å². The highest BCUT2D eigenvalue weighted by molar-refractivity contribution is 7.90. The largest absolute Gasteiger partial charge is 0.474 e. The van der Waals surface area contributed by atoms with Crippen LogP contribution in [0.1, 0.15) is 59.4 Å². The Bertz CT molecular complexity index is 1980. The van der Waals surface area contributed by atoms with Crippen LogP contribution in [0.4, 0.5) is 20.6 Å². The van der Waals surface area contributed by atoms with Gasteiger partial charge >= 0.3 is 16.3 Å². The molecule has 0 bridgehead atoms. The Morgan fingerprint density at radius 1 is 1.20 bits per heavy atom. The molecule has 1 spiro atoms. The minimum atomic E-state index is -4.12. The van der Waals surface area contributed by atoms with Crippen LogP contribution in [-0.2, 0) is 25.2 Å². The molecular weight excluding hydrogens is 653 g/mol. The molecule has 1 N–H and O–H groups in total. The summed E-state index contributed by atoms with van der Waals surface area (Å²) in [5.74, 6) is -1.10. The van der Waals surface area contributed by atoms with Crippen molar-refractivity contribution in [2.24, 2.45) is 5.92 Å². The number of amides is 2. The Morgan fingerprint density at radius 3 is 2.53 bits per heavy atom. The molecule has 1 saturated heterocycles. The molecule has 260 valence electrons. The third-order valence-corrected chi connectivity index (χ3v) is 10.7. The summed E-state index contributed by atoms with van der Waals surface area (Å²) in [6, 6.07) is 6.23. The third kappa shape index (κ3) is 6.23. The molecule has 3 aromatic rings. The summed E-state index contributed by atoms with van der Waals surface area (Å²) in [6.07, 6.45) is 4.76. The highest BCUT2D eigenvalue weighted by Gasteiger charge is 2.54. The van der Waals surface area contributed by atoms with E-state index in [9.17, 15) is 18.0 Å². The fourth-order valence-corrected chi connectivity index (χ4v) is 7.85. The minimum Gasteiger partial charge on any atom is -0.474 e. The number of fused-ring (bicyclic) bond motifs is 4.